The number of para-hydroxylation sites is 1. The molecule has 6 nitrogen and oxygen atoms in total. The van der Waals surface area contributed by atoms with Gasteiger partial charge in [0, 0.05) is 6.20 Å². The summed E-state index contributed by atoms with van der Waals surface area (Å²) in [6, 6.07) is 9.64. The third-order valence-electron chi connectivity index (χ3n) is 3.06. The average molecular weight is 269 g/mol. The first-order chi connectivity index (χ1) is 9.78. The number of nitrogens with two attached hydrogens (primary N) is 1. The van der Waals surface area contributed by atoms with Crippen molar-refractivity contribution >= 4 is 0 Å². The highest BCUT2D eigenvalue weighted by atomic mass is 16.5. The van der Waals surface area contributed by atoms with Gasteiger partial charge in [-0.1, -0.05) is 30.3 Å². The zero-order chi connectivity index (χ0) is 13.9. The molecular weight excluding hydrogens is 254 g/mol. The lowest BCUT2D eigenvalue weighted by Gasteiger charge is -1.99. The van der Waals surface area contributed by atoms with Gasteiger partial charge in [0.15, 0.2) is 5.82 Å². The maximum absolute atomic E-state index is 5.88. The molecule has 20 heavy (non-hydrogen) atoms. The number of hydrogen-bond donors (Lipinski definition) is 1. The molecule has 0 aliphatic rings. The highest BCUT2D eigenvalue weighted by molar-refractivity contribution is 5.51. The molecule has 102 valence electrons. The van der Waals surface area contributed by atoms with E-state index in [1.54, 1.807) is 10.9 Å². The molecule has 0 aliphatic heterocycles. The van der Waals surface area contributed by atoms with Crippen molar-refractivity contribution in [3.8, 4) is 17.1 Å². The Morgan fingerprint density at radius 2 is 2.10 bits per heavy atom. The number of nitrogens with zero attached hydrogens (tertiary/aromatic N) is 4. The molecule has 1 unspecified atom stereocenters. The van der Waals surface area contributed by atoms with E-state index < -0.39 is 0 Å². The Bertz CT molecular complexity index is 688. The number of rotatable bonds is 4. The zero-order valence-electron chi connectivity index (χ0n) is 11.1. The monoisotopic (exact) mass is 269 g/mol. The molecule has 0 amide bonds. The van der Waals surface area contributed by atoms with Gasteiger partial charge in [0.2, 0.25) is 0 Å². The van der Waals surface area contributed by atoms with Gasteiger partial charge in [-0.15, -0.1) is 0 Å². The van der Waals surface area contributed by atoms with E-state index in [9.17, 15) is 0 Å². The second kappa shape index (κ2) is 5.26. The van der Waals surface area contributed by atoms with Crippen LogP contribution in [-0.4, -0.2) is 19.9 Å². The molecule has 2 heterocycles. The molecule has 3 aromatic rings. The fraction of sp³-hybridized carbons (Fsp3) is 0.214. The molecular formula is C14H15N5O. The first-order valence-electron chi connectivity index (χ1n) is 6.47. The summed E-state index contributed by atoms with van der Waals surface area (Å²) >= 11 is 0. The molecule has 6 heteroatoms. The van der Waals surface area contributed by atoms with Crippen LogP contribution in [0.5, 0.6) is 0 Å². The van der Waals surface area contributed by atoms with Gasteiger partial charge in [-0.25, -0.2) is 4.68 Å². The van der Waals surface area contributed by atoms with Crippen molar-refractivity contribution in [1.29, 1.82) is 0 Å². The molecule has 0 saturated heterocycles. The summed E-state index contributed by atoms with van der Waals surface area (Å²) in [5, 5.41) is 8.19. The van der Waals surface area contributed by atoms with E-state index in [4.69, 9.17) is 10.3 Å². The van der Waals surface area contributed by atoms with Gasteiger partial charge in [0.1, 0.15) is 0 Å². The van der Waals surface area contributed by atoms with Crippen LogP contribution >= 0.6 is 0 Å². The molecule has 0 spiro atoms. The summed E-state index contributed by atoms with van der Waals surface area (Å²) in [4.78, 5) is 4.30. The van der Waals surface area contributed by atoms with Crippen molar-refractivity contribution in [2.24, 2.45) is 5.73 Å². The largest absolute Gasteiger partial charge is 0.334 e. The lowest BCUT2D eigenvalue weighted by molar-refractivity contribution is 0.415. The first kappa shape index (κ1) is 12.6. The van der Waals surface area contributed by atoms with Crippen LogP contribution in [-0.2, 0) is 0 Å². The van der Waals surface area contributed by atoms with Crippen LogP contribution in [0.1, 0.15) is 25.2 Å². The van der Waals surface area contributed by atoms with Crippen molar-refractivity contribution in [1.82, 2.24) is 19.9 Å². The fourth-order valence-corrected chi connectivity index (χ4v) is 1.84. The summed E-state index contributed by atoms with van der Waals surface area (Å²) < 4.78 is 6.99. The summed E-state index contributed by atoms with van der Waals surface area (Å²) in [7, 11) is 0. The first-order valence-corrected chi connectivity index (χ1v) is 6.47. The van der Waals surface area contributed by atoms with E-state index >= 15 is 0 Å². The SMILES string of the molecule is CCC(N)c1noc(-c2cnn(-c3ccccc3)c2)n1. The molecule has 2 aromatic heterocycles. The van der Waals surface area contributed by atoms with E-state index in [2.05, 4.69) is 15.2 Å². The number of aromatic nitrogens is 4. The minimum atomic E-state index is -0.198. The molecule has 0 fully saturated rings. The standard InChI is InChI=1S/C14H15N5O/c1-2-12(15)13-17-14(20-18-13)10-8-16-19(9-10)11-6-4-3-5-7-11/h3-9,12H,2,15H2,1H3. The highest BCUT2D eigenvalue weighted by Gasteiger charge is 2.15. The van der Waals surface area contributed by atoms with Gasteiger partial charge in [0.25, 0.3) is 5.89 Å². The van der Waals surface area contributed by atoms with Crippen LogP contribution in [0.4, 0.5) is 0 Å². The molecule has 1 atom stereocenters. The summed E-state index contributed by atoms with van der Waals surface area (Å²) in [6.07, 6.45) is 4.31. The Morgan fingerprint density at radius 1 is 1.30 bits per heavy atom. The Morgan fingerprint density at radius 3 is 2.85 bits per heavy atom. The quantitative estimate of drug-likeness (QED) is 0.786. The van der Waals surface area contributed by atoms with Gasteiger partial charge in [-0.2, -0.15) is 10.1 Å². The van der Waals surface area contributed by atoms with Crippen LogP contribution in [0.2, 0.25) is 0 Å². The molecule has 0 radical (unpaired) electrons. The maximum Gasteiger partial charge on any atom is 0.261 e. The molecule has 3 rings (SSSR count). The van der Waals surface area contributed by atoms with Crippen LogP contribution in [0, 0.1) is 0 Å². The van der Waals surface area contributed by atoms with Crippen LogP contribution in [0.25, 0.3) is 17.1 Å². The Hall–Kier alpha value is -2.47. The lowest BCUT2D eigenvalue weighted by Crippen LogP contribution is -2.10. The summed E-state index contributed by atoms with van der Waals surface area (Å²) in [5.74, 6) is 0.959. The smallest absolute Gasteiger partial charge is 0.261 e. The van der Waals surface area contributed by atoms with Gasteiger partial charge < -0.3 is 10.3 Å². The summed E-state index contributed by atoms with van der Waals surface area (Å²) in [5.41, 5.74) is 7.63. The summed E-state index contributed by atoms with van der Waals surface area (Å²) in [6.45, 7) is 1.98. The minimum Gasteiger partial charge on any atom is -0.334 e. The molecule has 0 aliphatic carbocycles. The van der Waals surface area contributed by atoms with Crippen LogP contribution in [0.15, 0.2) is 47.2 Å². The zero-order valence-corrected chi connectivity index (χ0v) is 11.1. The minimum absolute atomic E-state index is 0.198. The van der Waals surface area contributed by atoms with Gasteiger partial charge in [-0.3, -0.25) is 0 Å². The average Bonchev–Trinajstić information content (AvgIpc) is 3.16. The van der Waals surface area contributed by atoms with Crippen molar-refractivity contribution in [3.05, 3.63) is 48.5 Å². The van der Waals surface area contributed by atoms with Crippen LogP contribution in [0.3, 0.4) is 0 Å². The second-order valence-electron chi connectivity index (χ2n) is 4.48. The van der Waals surface area contributed by atoms with Crippen molar-refractivity contribution in [3.63, 3.8) is 0 Å². The third kappa shape index (κ3) is 2.33. The molecule has 1 aromatic carbocycles. The number of benzene rings is 1. The van der Waals surface area contributed by atoms with Gasteiger partial charge in [-0.05, 0) is 18.6 Å². The third-order valence-corrected chi connectivity index (χ3v) is 3.06. The predicted octanol–water partition coefficient (Wildman–Crippen LogP) is 2.33. The fourth-order valence-electron chi connectivity index (χ4n) is 1.84. The Balaban J connectivity index is 1.89. The maximum atomic E-state index is 5.88. The van der Waals surface area contributed by atoms with E-state index in [1.807, 2.05) is 43.5 Å². The Labute approximate surface area is 116 Å². The van der Waals surface area contributed by atoms with Crippen molar-refractivity contribution < 1.29 is 4.52 Å². The normalized spacial score (nSPS) is 12.5. The van der Waals surface area contributed by atoms with Crippen molar-refractivity contribution in [2.45, 2.75) is 19.4 Å². The number of hydrogen-bond acceptors (Lipinski definition) is 5. The van der Waals surface area contributed by atoms with Gasteiger partial charge in [0.05, 0.1) is 23.5 Å². The highest BCUT2D eigenvalue weighted by Crippen LogP contribution is 2.20. The second-order valence-corrected chi connectivity index (χ2v) is 4.48. The van der Waals surface area contributed by atoms with Crippen LogP contribution < -0.4 is 5.73 Å². The predicted molar refractivity (Wildman–Crippen MR) is 74.1 cm³/mol. The van der Waals surface area contributed by atoms with E-state index in [1.165, 1.54) is 0 Å². The Kier molecular flexibility index (Phi) is 3.30. The van der Waals surface area contributed by atoms with Gasteiger partial charge >= 0.3 is 0 Å². The molecule has 0 saturated carbocycles. The van der Waals surface area contributed by atoms with E-state index in [0.29, 0.717) is 11.7 Å². The topological polar surface area (TPSA) is 82.8 Å². The van der Waals surface area contributed by atoms with Crippen molar-refractivity contribution in [2.75, 3.05) is 0 Å². The molecule has 2 N–H and O–H groups in total. The molecule has 0 bridgehead atoms. The van der Waals surface area contributed by atoms with E-state index in [-0.39, 0.29) is 6.04 Å². The van der Waals surface area contributed by atoms with E-state index in [0.717, 1.165) is 17.7 Å². The lowest BCUT2D eigenvalue weighted by atomic mass is 10.2.